The number of aliphatic carboxylic acids is 1. The van der Waals surface area contributed by atoms with Crippen molar-refractivity contribution in [3.8, 4) is 0 Å². The zero-order chi connectivity index (χ0) is 18.4. The number of aliphatic hydroxyl groups is 2. The number of epoxide rings is 1. The molecule has 3 fully saturated rings. The number of allylic oxidation sites excluding steroid dienone is 1. The molecule has 5 heteroatoms. The highest BCUT2D eigenvalue weighted by Crippen LogP contribution is 2.67. The van der Waals surface area contributed by atoms with Crippen molar-refractivity contribution in [3.05, 3.63) is 11.6 Å². The average Bonchev–Trinajstić information content (AvgIpc) is 3.24. The molecule has 140 valence electrons. The first-order valence-electron chi connectivity index (χ1n) is 9.50. The van der Waals surface area contributed by atoms with Gasteiger partial charge in [-0.15, -0.1) is 0 Å². The van der Waals surface area contributed by atoms with Crippen LogP contribution in [0.25, 0.3) is 0 Å². The van der Waals surface area contributed by atoms with Crippen molar-refractivity contribution in [2.75, 3.05) is 0 Å². The predicted octanol–water partition coefficient (Wildman–Crippen LogP) is 2.50. The number of ether oxygens (including phenoxy) is 1. The second-order valence-corrected chi connectivity index (χ2v) is 9.72. The highest BCUT2D eigenvalue weighted by molar-refractivity contribution is 5.75. The number of carboxylic acid groups (broad SMARTS) is 1. The molecule has 3 aliphatic carbocycles. The summed E-state index contributed by atoms with van der Waals surface area (Å²) in [5, 5.41) is 31.5. The minimum absolute atomic E-state index is 0.0700. The normalized spacial score (nSPS) is 51.7. The van der Waals surface area contributed by atoms with Gasteiger partial charge in [0, 0.05) is 0 Å². The van der Waals surface area contributed by atoms with Crippen LogP contribution in [0, 0.1) is 22.7 Å². The molecule has 0 aromatic heterocycles. The Hall–Kier alpha value is -0.910. The van der Waals surface area contributed by atoms with Gasteiger partial charge >= 0.3 is 5.97 Å². The molecule has 1 aliphatic heterocycles. The zero-order valence-corrected chi connectivity index (χ0v) is 15.6. The summed E-state index contributed by atoms with van der Waals surface area (Å²) in [6.45, 7) is 7.51. The summed E-state index contributed by atoms with van der Waals surface area (Å²) in [7, 11) is 0. The van der Waals surface area contributed by atoms with Crippen LogP contribution in [0.3, 0.4) is 0 Å². The van der Waals surface area contributed by atoms with Crippen LogP contribution in [0.15, 0.2) is 11.6 Å². The molecule has 0 amide bonds. The maximum absolute atomic E-state index is 12.0. The fraction of sp³-hybridized carbons (Fsp3) is 0.850. The molecule has 0 unspecified atom stereocenters. The topological polar surface area (TPSA) is 90.3 Å². The van der Waals surface area contributed by atoms with Crippen LogP contribution in [0.1, 0.15) is 59.8 Å². The Balaban J connectivity index is 1.75. The highest BCUT2D eigenvalue weighted by Gasteiger charge is 2.75. The Kier molecular flexibility index (Phi) is 3.41. The highest BCUT2D eigenvalue weighted by atomic mass is 16.6. The molecule has 4 aliphatic rings. The van der Waals surface area contributed by atoms with Crippen LogP contribution in [-0.4, -0.2) is 44.7 Å². The van der Waals surface area contributed by atoms with Crippen molar-refractivity contribution in [1.29, 1.82) is 0 Å². The number of aliphatic hydroxyl groups excluding tert-OH is 1. The molecule has 7 atom stereocenters. The van der Waals surface area contributed by atoms with E-state index in [2.05, 4.69) is 13.0 Å². The van der Waals surface area contributed by atoms with E-state index in [9.17, 15) is 20.1 Å². The third kappa shape index (κ3) is 1.98. The second kappa shape index (κ2) is 4.87. The molecule has 0 aromatic rings. The van der Waals surface area contributed by atoms with E-state index in [4.69, 9.17) is 4.74 Å². The first-order chi connectivity index (χ1) is 11.5. The van der Waals surface area contributed by atoms with E-state index in [0.717, 1.165) is 24.8 Å². The molecule has 4 rings (SSSR count). The molecule has 25 heavy (non-hydrogen) atoms. The van der Waals surface area contributed by atoms with Gasteiger partial charge in [-0.1, -0.05) is 19.4 Å². The molecule has 5 nitrogen and oxygen atoms in total. The smallest absolute Gasteiger partial charge is 0.309 e. The molecular weight excluding hydrogens is 320 g/mol. The number of fused-ring (bicyclic) bond motifs is 4. The van der Waals surface area contributed by atoms with E-state index in [1.807, 2.05) is 6.92 Å². The van der Waals surface area contributed by atoms with Crippen molar-refractivity contribution in [2.24, 2.45) is 22.7 Å². The summed E-state index contributed by atoms with van der Waals surface area (Å²) in [5.74, 6) is -0.506. The van der Waals surface area contributed by atoms with Crippen LogP contribution in [0.2, 0.25) is 0 Å². The fourth-order valence-corrected chi connectivity index (χ4v) is 6.60. The van der Waals surface area contributed by atoms with Crippen LogP contribution in [0.4, 0.5) is 0 Å². The monoisotopic (exact) mass is 350 g/mol. The Morgan fingerprint density at radius 2 is 2.00 bits per heavy atom. The number of hydrogen-bond donors (Lipinski definition) is 3. The summed E-state index contributed by atoms with van der Waals surface area (Å²) in [6, 6.07) is 0. The maximum atomic E-state index is 12.0. The number of rotatable bonds is 2. The van der Waals surface area contributed by atoms with Gasteiger partial charge in [-0.25, -0.2) is 0 Å². The summed E-state index contributed by atoms with van der Waals surface area (Å²) >= 11 is 0. The van der Waals surface area contributed by atoms with Crippen molar-refractivity contribution >= 4 is 5.97 Å². The van der Waals surface area contributed by atoms with Gasteiger partial charge in [0.15, 0.2) is 5.60 Å². The van der Waals surface area contributed by atoms with Crippen molar-refractivity contribution in [1.82, 2.24) is 0 Å². The quantitative estimate of drug-likeness (QED) is 0.526. The lowest BCUT2D eigenvalue weighted by Gasteiger charge is -2.58. The fourth-order valence-electron chi connectivity index (χ4n) is 6.60. The molecule has 3 N–H and O–H groups in total. The first-order valence-corrected chi connectivity index (χ1v) is 9.50. The van der Waals surface area contributed by atoms with Crippen molar-refractivity contribution in [2.45, 2.75) is 83.2 Å². The van der Waals surface area contributed by atoms with Crippen LogP contribution in [0.5, 0.6) is 0 Å². The molecule has 0 radical (unpaired) electrons. The molecule has 0 spiro atoms. The average molecular weight is 350 g/mol. The van der Waals surface area contributed by atoms with Crippen LogP contribution in [-0.2, 0) is 9.53 Å². The largest absolute Gasteiger partial charge is 0.481 e. The van der Waals surface area contributed by atoms with Gasteiger partial charge in [-0.3, -0.25) is 4.79 Å². The Labute approximate surface area is 149 Å². The van der Waals surface area contributed by atoms with Crippen LogP contribution >= 0.6 is 0 Å². The molecule has 1 saturated heterocycles. The van der Waals surface area contributed by atoms with Gasteiger partial charge in [0.1, 0.15) is 6.10 Å². The summed E-state index contributed by atoms with van der Waals surface area (Å²) < 4.78 is 5.90. The van der Waals surface area contributed by atoms with Gasteiger partial charge in [-0.2, -0.15) is 0 Å². The van der Waals surface area contributed by atoms with Gasteiger partial charge in [0.2, 0.25) is 0 Å². The SMILES string of the molecule is CC(C)(O)[C@]12O[C@H]1C[C@H]1C(=CC[C@@H]3[C@]1(C)CCC[C@@]3(C)C(=O)O)[C@H]2O. The molecular formula is C20H30O5. The summed E-state index contributed by atoms with van der Waals surface area (Å²) in [4.78, 5) is 12.0. The minimum Gasteiger partial charge on any atom is -0.481 e. The molecule has 0 aromatic carbocycles. The van der Waals surface area contributed by atoms with Gasteiger partial charge in [-0.05, 0) is 69.3 Å². The van der Waals surface area contributed by atoms with Gasteiger partial charge in [0.05, 0.1) is 17.1 Å². The first kappa shape index (κ1) is 17.5. The Morgan fingerprint density at radius 3 is 2.60 bits per heavy atom. The Bertz CT molecular complexity index is 649. The molecule has 1 heterocycles. The second-order valence-electron chi connectivity index (χ2n) is 9.72. The zero-order valence-electron chi connectivity index (χ0n) is 15.6. The number of carbonyl (C=O) groups is 1. The van der Waals surface area contributed by atoms with E-state index in [-0.39, 0.29) is 23.4 Å². The summed E-state index contributed by atoms with van der Waals surface area (Å²) in [6.07, 6.45) is 5.12. The standard InChI is InChI=1S/C20H30O5/c1-17(2,24)20-14(25-20)10-12-11(15(20)21)6-7-13-18(12,3)8-5-9-19(13,4)16(22)23/h6,12-15,21,24H,5,7-10H2,1-4H3,(H,22,23)/t12-,13+,14-,15+,18+,19+,20-/m0/s1. The van der Waals surface area contributed by atoms with E-state index < -0.39 is 28.7 Å². The van der Waals surface area contributed by atoms with E-state index in [0.29, 0.717) is 12.8 Å². The van der Waals surface area contributed by atoms with Gasteiger partial charge < -0.3 is 20.1 Å². The van der Waals surface area contributed by atoms with Gasteiger partial charge in [0.25, 0.3) is 0 Å². The minimum atomic E-state index is -1.11. The van der Waals surface area contributed by atoms with Crippen molar-refractivity contribution in [3.63, 3.8) is 0 Å². The van der Waals surface area contributed by atoms with E-state index >= 15 is 0 Å². The van der Waals surface area contributed by atoms with E-state index in [1.54, 1.807) is 13.8 Å². The predicted molar refractivity (Wildman–Crippen MR) is 91.9 cm³/mol. The lowest BCUT2D eigenvalue weighted by atomic mass is 9.45. The number of hydrogen-bond acceptors (Lipinski definition) is 4. The maximum Gasteiger partial charge on any atom is 0.309 e. The van der Waals surface area contributed by atoms with Crippen LogP contribution < -0.4 is 0 Å². The number of carboxylic acids is 1. The third-order valence-electron chi connectivity index (χ3n) is 8.14. The third-order valence-corrected chi connectivity index (χ3v) is 8.14. The Morgan fingerprint density at radius 1 is 1.32 bits per heavy atom. The lowest BCUT2D eigenvalue weighted by molar-refractivity contribution is -0.163. The lowest BCUT2D eigenvalue weighted by Crippen LogP contribution is -2.59. The van der Waals surface area contributed by atoms with E-state index in [1.165, 1.54) is 0 Å². The van der Waals surface area contributed by atoms with Crippen molar-refractivity contribution < 1.29 is 24.9 Å². The molecule has 2 saturated carbocycles. The summed E-state index contributed by atoms with van der Waals surface area (Å²) in [5.41, 5.74) is -1.90. The molecule has 0 bridgehead atoms.